The summed E-state index contributed by atoms with van der Waals surface area (Å²) in [5, 5.41) is 0. The Balaban J connectivity index is 0.00000337. The van der Waals surface area contributed by atoms with Crippen molar-refractivity contribution in [2.75, 3.05) is 67.5 Å². The van der Waals surface area contributed by atoms with Crippen molar-refractivity contribution in [2.24, 2.45) is 0 Å². The minimum Gasteiger partial charge on any atom is -1.00 e. The molecule has 0 aliphatic carbocycles. The average Bonchev–Trinajstić information content (AvgIpc) is 3.29. The maximum atomic E-state index is 12.7. The second-order valence-electron chi connectivity index (χ2n) is 13.5. The summed E-state index contributed by atoms with van der Waals surface area (Å²) >= 11 is 0. The number of hydrogen-bond acceptors (Lipinski definition) is 4. The van der Waals surface area contributed by atoms with Crippen LogP contribution in [0.2, 0.25) is 0 Å². The fourth-order valence-electron chi connectivity index (χ4n) is 6.19. The molecule has 2 aliphatic rings. The molecule has 0 saturated carbocycles. The van der Waals surface area contributed by atoms with E-state index in [1.807, 2.05) is 38.1 Å². The molecule has 4 rings (SSSR count). The van der Waals surface area contributed by atoms with Crippen LogP contribution in [0.25, 0.3) is 0 Å². The van der Waals surface area contributed by atoms with Crippen LogP contribution in [0.3, 0.4) is 0 Å². The Morgan fingerprint density at radius 1 is 0.477 bits per heavy atom. The number of benzene rings is 2. The number of nitrogens with zero attached hydrogens (tertiary/aromatic N) is 4. The predicted octanol–water partition coefficient (Wildman–Crippen LogP) is -1.30. The molecule has 0 fully saturated rings. The van der Waals surface area contributed by atoms with Crippen molar-refractivity contribution in [3.63, 3.8) is 0 Å². The zero-order chi connectivity index (χ0) is 30.7. The van der Waals surface area contributed by atoms with Gasteiger partial charge in [-0.15, -0.1) is 0 Å². The molecule has 8 nitrogen and oxygen atoms in total. The van der Waals surface area contributed by atoms with Gasteiger partial charge in [-0.2, -0.15) is 0 Å². The minimum absolute atomic E-state index is 0. The zero-order valence-electron chi connectivity index (χ0n) is 27.1. The van der Waals surface area contributed by atoms with Gasteiger partial charge >= 0.3 is 0 Å². The van der Waals surface area contributed by atoms with Crippen LogP contribution < -0.4 is 34.0 Å². The number of rotatable bonds is 15. The van der Waals surface area contributed by atoms with Gasteiger partial charge in [0.05, 0.1) is 76.6 Å². The molecule has 10 heteroatoms. The highest BCUT2D eigenvalue weighted by Gasteiger charge is 2.36. The molecule has 0 bridgehead atoms. The summed E-state index contributed by atoms with van der Waals surface area (Å²) in [4.78, 5) is 53.6. The van der Waals surface area contributed by atoms with Crippen LogP contribution in [0.5, 0.6) is 0 Å². The van der Waals surface area contributed by atoms with Gasteiger partial charge in [0.15, 0.2) is 0 Å². The molecule has 0 spiro atoms. The first-order valence-corrected chi connectivity index (χ1v) is 15.4. The van der Waals surface area contributed by atoms with Crippen LogP contribution in [0.1, 0.15) is 91.1 Å². The Morgan fingerprint density at radius 3 is 1.16 bits per heavy atom. The molecule has 2 aliphatic heterocycles. The van der Waals surface area contributed by atoms with E-state index in [9.17, 15) is 19.2 Å². The van der Waals surface area contributed by atoms with Crippen molar-refractivity contribution < 1.29 is 62.1 Å². The molecule has 0 aromatic heterocycles. The lowest BCUT2D eigenvalue weighted by molar-refractivity contribution is -0.891. The molecule has 2 heterocycles. The Bertz CT molecular complexity index is 1270. The van der Waals surface area contributed by atoms with E-state index in [1.165, 1.54) is 22.6 Å². The molecule has 0 atom stereocenters. The first kappa shape index (κ1) is 37.8. The highest BCUT2D eigenvalue weighted by molar-refractivity contribution is 6.22. The Labute approximate surface area is 284 Å². The maximum Gasteiger partial charge on any atom is 0.261 e. The van der Waals surface area contributed by atoms with Crippen molar-refractivity contribution in [1.82, 2.24) is 9.80 Å². The summed E-state index contributed by atoms with van der Waals surface area (Å²) in [5.41, 5.74) is 4.11. The third-order valence-electron chi connectivity index (χ3n) is 8.82. The molecule has 242 valence electrons. The van der Waals surface area contributed by atoms with E-state index in [0.717, 1.165) is 72.0 Å². The zero-order valence-corrected chi connectivity index (χ0v) is 30.3. The lowest BCUT2D eigenvalue weighted by Gasteiger charge is -2.31. The standard InChI is InChI=1S/C34H48N4O4.2BrH/c1-25-13-15-27-29(23-25)33(41)35(31(27)39)17-11-21-37(3,4)19-9-7-8-10-20-38(5,6)22-12-18-36-32(40)28-16-14-26(2)24-30(28)34(36)42;;/h13-16,23-24H,7-12,17-22H2,1-6H3;2*1H/q+2;;/p-2. The molecule has 44 heavy (non-hydrogen) atoms. The largest absolute Gasteiger partial charge is 1.00 e. The van der Waals surface area contributed by atoms with Crippen LogP contribution in [-0.2, 0) is 0 Å². The van der Waals surface area contributed by atoms with Gasteiger partial charge in [-0.05, 0) is 63.8 Å². The Hall–Kier alpha value is -2.40. The first-order valence-electron chi connectivity index (χ1n) is 15.4. The maximum absolute atomic E-state index is 12.7. The molecule has 4 amide bonds. The smallest absolute Gasteiger partial charge is 0.261 e. The molecule has 2 aromatic rings. The SMILES string of the molecule is Cc1ccc2c(c1)C(=O)N(CCC[N+](C)(C)CCCCCC[N+](C)(C)CCCN1C(=O)c3ccc(C)cc3C1=O)C2=O.[Br-].[Br-]. The number of hydrogen-bond donors (Lipinski definition) is 0. The summed E-state index contributed by atoms with van der Waals surface area (Å²) in [5.74, 6) is -0.659. The lowest BCUT2D eigenvalue weighted by atomic mass is 10.1. The van der Waals surface area contributed by atoms with Gasteiger partial charge in [-0.25, -0.2) is 0 Å². The molecule has 0 saturated heterocycles. The summed E-state index contributed by atoms with van der Waals surface area (Å²) in [7, 11) is 8.89. The van der Waals surface area contributed by atoms with Gasteiger partial charge in [-0.1, -0.05) is 23.3 Å². The van der Waals surface area contributed by atoms with E-state index < -0.39 is 0 Å². The third-order valence-corrected chi connectivity index (χ3v) is 8.82. The molecule has 0 unspecified atom stereocenters. The van der Waals surface area contributed by atoms with E-state index in [4.69, 9.17) is 0 Å². The van der Waals surface area contributed by atoms with Crippen LogP contribution in [0.15, 0.2) is 36.4 Å². The second kappa shape index (κ2) is 15.7. The van der Waals surface area contributed by atoms with Gasteiger partial charge in [-0.3, -0.25) is 29.0 Å². The van der Waals surface area contributed by atoms with E-state index in [2.05, 4.69) is 28.2 Å². The second-order valence-corrected chi connectivity index (χ2v) is 13.5. The molecular weight excluding hydrogens is 688 g/mol. The van der Waals surface area contributed by atoms with Crippen molar-refractivity contribution in [3.05, 3.63) is 69.8 Å². The number of aryl methyl sites for hydroxylation is 2. The molecule has 0 N–H and O–H groups in total. The van der Waals surface area contributed by atoms with Crippen molar-refractivity contribution >= 4 is 23.6 Å². The van der Waals surface area contributed by atoms with Gasteiger partial charge in [0.25, 0.3) is 23.6 Å². The normalized spacial score (nSPS) is 14.5. The van der Waals surface area contributed by atoms with Gasteiger partial charge in [0.1, 0.15) is 0 Å². The van der Waals surface area contributed by atoms with Crippen molar-refractivity contribution in [3.8, 4) is 0 Å². The Kier molecular flexibility index (Phi) is 13.5. The number of halogens is 2. The highest BCUT2D eigenvalue weighted by Crippen LogP contribution is 2.25. The first-order chi connectivity index (χ1) is 19.8. The van der Waals surface area contributed by atoms with Gasteiger partial charge < -0.3 is 42.9 Å². The van der Waals surface area contributed by atoms with E-state index in [1.54, 1.807) is 12.1 Å². The van der Waals surface area contributed by atoms with E-state index >= 15 is 0 Å². The third kappa shape index (κ3) is 9.08. The van der Waals surface area contributed by atoms with Crippen LogP contribution in [0.4, 0.5) is 0 Å². The molecular formula is C34H48Br2N4O4. The number of amides is 4. The quantitative estimate of drug-likeness (QED) is 0.130. The van der Waals surface area contributed by atoms with E-state index in [-0.39, 0.29) is 57.6 Å². The van der Waals surface area contributed by atoms with Crippen molar-refractivity contribution in [2.45, 2.75) is 52.4 Å². The predicted molar refractivity (Wildman–Crippen MR) is 164 cm³/mol. The van der Waals surface area contributed by atoms with Gasteiger partial charge in [0, 0.05) is 25.9 Å². The Morgan fingerprint density at radius 2 is 0.795 bits per heavy atom. The van der Waals surface area contributed by atoms with Gasteiger partial charge in [0.2, 0.25) is 0 Å². The number of imide groups is 2. The van der Waals surface area contributed by atoms with Crippen molar-refractivity contribution in [1.29, 1.82) is 0 Å². The lowest BCUT2D eigenvalue weighted by Crippen LogP contribution is -3.00. The number of carbonyl (C=O) groups is 4. The monoisotopic (exact) mass is 734 g/mol. The number of unbranched alkanes of at least 4 members (excludes halogenated alkanes) is 3. The van der Waals surface area contributed by atoms with Crippen LogP contribution >= 0.6 is 0 Å². The number of fused-ring (bicyclic) bond motifs is 2. The fraction of sp³-hybridized carbons (Fsp3) is 0.529. The summed E-state index contributed by atoms with van der Waals surface area (Å²) in [6, 6.07) is 10.9. The fourth-order valence-corrected chi connectivity index (χ4v) is 6.19. The summed E-state index contributed by atoms with van der Waals surface area (Å²) < 4.78 is 1.75. The van der Waals surface area contributed by atoms with Crippen LogP contribution in [0, 0.1) is 13.8 Å². The number of quaternary nitrogens is 2. The van der Waals surface area contributed by atoms with Crippen LogP contribution in [-0.4, -0.2) is 110 Å². The molecule has 0 radical (unpaired) electrons. The van der Waals surface area contributed by atoms with E-state index in [0.29, 0.717) is 35.3 Å². The molecule has 2 aromatic carbocycles. The number of carbonyl (C=O) groups excluding carboxylic acids is 4. The summed E-state index contributed by atoms with van der Waals surface area (Å²) in [6.45, 7) is 8.78. The average molecular weight is 737 g/mol. The minimum atomic E-state index is -0.166. The topological polar surface area (TPSA) is 74.8 Å². The summed E-state index contributed by atoms with van der Waals surface area (Å²) in [6.07, 6.45) is 6.23. The highest BCUT2D eigenvalue weighted by atomic mass is 79.9.